The molecule has 7 nitrogen and oxygen atoms in total. The zero-order valence-electron chi connectivity index (χ0n) is 15.1. The number of hydrogen-bond acceptors (Lipinski definition) is 5. The van der Waals surface area contributed by atoms with Crippen LogP contribution in [0.25, 0.3) is 0 Å². The Kier molecular flexibility index (Phi) is 4.97. The first-order valence-corrected chi connectivity index (χ1v) is 8.34. The summed E-state index contributed by atoms with van der Waals surface area (Å²) in [6, 6.07) is 4.71. The van der Waals surface area contributed by atoms with Crippen molar-refractivity contribution >= 4 is 17.5 Å². The second-order valence-corrected chi connectivity index (χ2v) is 6.84. The van der Waals surface area contributed by atoms with E-state index < -0.39 is 23.5 Å². The molecular weight excluding hydrogens is 377 g/mol. The van der Waals surface area contributed by atoms with E-state index in [-0.39, 0.29) is 24.6 Å². The quantitative estimate of drug-likeness (QED) is 0.830. The number of halogens is 3. The van der Waals surface area contributed by atoms with Gasteiger partial charge in [0.1, 0.15) is 22.9 Å². The third-order valence-electron chi connectivity index (χ3n) is 3.91. The van der Waals surface area contributed by atoms with E-state index in [2.05, 4.69) is 20.6 Å². The summed E-state index contributed by atoms with van der Waals surface area (Å²) in [7, 11) is 0. The molecule has 0 fully saturated rings. The first-order valence-electron chi connectivity index (χ1n) is 8.34. The number of Topliss-reactive ketones (excluding diaryl/α,β-unsaturated/α-hetero) is 1. The number of benzene rings is 1. The molecule has 2 aromatic rings. The molecule has 1 aromatic heterocycles. The summed E-state index contributed by atoms with van der Waals surface area (Å²) in [6.07, 6.45) is -3.41. The van der Waals surface area contributed by atoms with E-state index in [1.807, 2.05) is 13.8 Å². The van der Waals surface area contributed by atoms with E-state index in [0.717, 1.165) is 12.3 Å². The summed E-state index contributed by atoms with van der Waals surface area (Å²) in [5, 5.41) is 4.88. The second-order valence-electron chi connectivity index (χ2n) is 6.84. The number of carbonyl (C=O) groups excluding carboxylic acids is 2. The fourth-order valence-electron chi connectivity index (χ4n) is 2.71. The van der Waals surface area contributed by atoms with Crippen molar-refractivity contribution in [3.05, 3.63) is 47.5 Å². The molecule has 0 atom stereocenters. The Hall–Kier alpha value is -3.17. The van der Waals surface area contributed by atoms with E-state index in [9.17, 15) is 22.8 Å². The molecule has 0 saturated heterocycles. The van der Waals surface area contributed by atoms with Gasteiger partial charge in [0.2, 0.25) is 0 Å². The molecule has 2 N–H and O–H groups in total. The van der Waals surface area contributed by atoms with Crippen LogP contribution in [0.15, 0.2) is 30.5 Å². The number of rotatable bonds is 3. The molecule has 0 spiro atoms. The number of aromatic nitrogens is 2. The highest BCUT2D eigenvalue weighted by molar-refractivity contribution is 6.02. The summed E-state index contributed by atoms with van der Waals surface area (Å²) >= 11 is 0. The fourth-order valence-corrected chi connectivity index (χ4v) is 2.71. The molecule has 1 aliphatic heterocycles. The third kappa shape index (κ3) is 4.56. The summed E-state index contributed by atoms with van der Waals surface area (Å²) in [4.78, 5) is 31.3. The number of alkyl halides is 3. The van der Waals surface area contributed by atoms with E-state index in [1.165, 1.54) is 6.07 Å². The highest BCUT2D eigenvalue weighted by Crippen LogP contribution is 2.34. The van der Waals surface area contributed by atoms with E-state index >= 15 is 0 Å². The maximum Gasteiger partial charge on any atom is 0.433 e. The first kappa shape index (κ1) is 19.6. The molecule has 1 aromatic carbocycles. The minimum atomic E-state index is -4.59. The maximum absolute atomic E-state index is 12.6. The van der Waals surface area contributed by atoms with Crippen LogP contribution in [-0.4, -0.2) is 27.4 Å². The summed E-state index contributed by atoms with van der Waals surface area (Å²) in [5.74, 6) is 0.151. The average molecular weight is 394 g/mol. The lowest BCUT2D eigenvalue weighted by molar-refractivity contribution is -0.141. The van der Waals surface area contributed by atoms with Gasteiger partial charge in [-0.15, -0.1) is 0 Å². The fraction of sp³-hybridized carbons (Fsp3) is 0.333. The van der Waals surface area contributed by atoms with Crippen molar-refractivity contribution in [3.63, 3.8) is 0 Å². The molecule has 2 heterocycles. The number of fused-ring (bicyclic) bond motifs is 1. The van der Waals surface area contributed by atoms with Crippen molar-refractivity contribution in [2.24, 2.45) is 0 Å². The minimum absolute atomic E-state index is 0.104. The highest BCUT2D eigenvalue weighted by atomic mass is 19.4. The maximum atomic E-state index is 12.6. The van der Waals surface area contributed by atoms with Crippen LogP contribution in [0, 0.1) is 0 Å². The van der Waals surface area contributed by atoms with Crippen LogP contribution in [0.3, 0.4) is 0 Å². The minimum Gasteiger partial charge on any atom is -0.487 e. The van der Waals surface area contributed by atoms with E-state index in [4.69, 9.17) is 4.74 Å². The lowest BCUT2D eigenvalue weighted by atomic mass is 9.93. The van der Waals surface area contributed by atoms with Crippen molar-refractivity contribution in [2.45, 2.75) is 38.6 Å². The third-order valence-corrected chi connectivity index (χ3v) is 3.91. The van der Waals surface area contributed by atoms with Gasteiger partial charge in [0.15, 0.2) is 5.78 Å². The number of anilines is 1. The molecular formula is C18H17F3N4O3. The zero-order chi connectivity index (χ0) is 20.5. The molecule has 2 amide bonds. The topological polar surface area (TPSA) is 93.2 Å². The van der Waals surface area contributed by atoms with Gasteiger partial charge in [-0.1, -0.05) is 0 Å². The van der Waals surface area contributed by atoms with Crippen LogP contribution in [0.5, 0.6) is 5.75 Å². The molecule has 10 heteroatoms. The Bertz CT molecular complexity index is 929. The van der Waals surface area contributed by atoms with Crippen molar-refractivity contribution in [2.75, 3.05) is 5.32 Å². The van der Waals surface area contributed by atoms with Crippen molar-refractivity contribution in [1.82, 2.24) is 15.3 Å². The molecule has 148 valence electrons. The molecule has 0 radical (unpaired) electrons. The molecule has 1 aliphatic rings. The molecule has 0 saturated carbocycles. The van der Waals surface area contributed by atoms with Gasteiger partial charge in [0.05, 0.1) is 18.5 Å². The van der Waals surface area contributed by atoms with Crippen LogP contribution in [0.2, 0.25) is 0 Å². The predicted molar refractivity (Wildman–Crippen MR) is 93.0 cm³/mol. The smallest absolute Gasteiger partial charge is 0.433 e. The van der Waals surface area contributed by atoms with Gasteiger partial charge in [-0.05, 0) is 38.1 Å². The molecule has 0 unspecified atom stereocenters. The van der Waals surface area contributed by atoms with Crippen LogP contribution < -0.4 is 15.4 Å². The number of urea groups is 1. The number of amides is 2. The van der Waals surface area contributed by atoms with Crippen LogP contribution in [0.1, 0.15) is 42.1 Å². The number of ether oxygens (including phenoxy) is 1. The van der Waals surface area contributed by atoms with E-state index in [0.29, 0.717) is 17.0 Å². The number of ketones is 1. The molecule has 0 bridgehead atoms. The van der Waals surface area contributed by atoms with E-state index in [1.54, 1.807) is 12.1 Å². The Morgan fingerprint density at radius 3 is 2.75 bits per heavy atom. The van der Waals surface area contributed by atoms with Crippen LogP contribution in [0.4, 0.5) is 23.7 Å². The SMILES string of the molecule is CC1(C)CC(=O)c2cc(NC(=O)NCc3nccc(C(F)(F)F)n3)ccc2O1. The van der Waals surface area contributed by atoms with Gasteiger partial charge in [-0.3, -0.25) is 4.79 Å². The number of nitrogens with one attached hydrogen (secondary N) is 2. The number of hydrogen-bond donors (Lipinski definition) is 2. The Balaban J connectivity index is 1.63. The highest BCUT2D eigenvalue weighted by Gasteiger charge is 2.33. The Labute approximate surface area is 158 Å². The monoisotopic (exact) mass is 394 g/mol. The Morgan fingerprint density at radius 1 is 1.29 bits per heavy atom. The lowest BCUT2D eigenvalue weighted by Crippen LogP contribution is -2.36. The largest absolute Gasteiger partial charge is 0.487 e. The summed E-state index contributed by atoms with van der Waals surface area (Å²) < 4.78 is 43.7. The Morgan fingerprint density at radius 2 is 2.04 bits per heavy atom. The standard InChI is InChI=1S/C18H17F3N4O3/c1-17(2)8-12(26)11-7-10(3-4-13(11)28-17)24-16(27)23-9-15-22-6-5-14(25-15)18(19,20)21/h3-7H,8-9H2,1-2H3,(H2,23,24,27). The summed E-state index contributed by atoms with van der Waals surface area (Å²) in [6.45, 7) is 3.32. The second kappa shape index (κ2) is 7.10. The van der Waals surface area contributed by atoms with Crippen LogP contribution in [-0.2, 0) is 12.7 Å². The van der Waals surface area contributed by atoms with Gasteiger partial charge in [0, 0.05) is 11.9 Å². The van der Waals surface area contributed by atoms with Gasteiger partial charge >= 0.3 is 12.2 Å². The first-order chi connectivity index (χ1) is 13.0. The van der Waals surface area contributed by atoms with Crippen molar-refractivity contribution < 1.29 is 27.5 Å². The van der Waals surface area contributed by atoms with Crippen molar-refractivity contribution in [1.29, 1.82) is 0 Å². The normalized spacial score (nSPS) is 15.4. The van der Waals surface area contributed by atoms with Crippen LogP contribution >= 0.6 is 0 Å². The summed E-state index contributed by atoms with van der Waals surface area (Å²) in [5.41, 5.74) is -0.978. The van der Waals surface area contributed by atoms with Gasteiger partial charge in [-0.25, -0.2) is 14.8 Å². The van der Waals surface area contributed by atoms with Gasteiger partial charge < -0.3 is 15.4 Å². The zero-order valence-corrected chi connectivity index (χ0v) is 15.1. The average Bonchev–Trinajstić information content (AvgIpc) is 2.59. The lowest BCUT2D eigenvalue weighted by Gasteiger charge is -2.31. The van der Waals surface area contributed by atoms with Gasteiger partial charge in [-0.2, -0.15) is 13.2 Å². The molecule has 28 heavy (non-hydrogen) atoms. The molecule has 3 rings (SSSR count). The van der Waals surface area contributed by atoms with Gasteiger partial charge in [0.25, 0.3) is 0 Å². The number of nitrogens with zero attached hydrogens (tertiary/aromatic N) is 2. The van der Waals surface area contributed by atoms with Crippen molar-refractivity contribution in [3.8, 4) is 5.75 Å². The molecule has 0 aliphatic carbocycles. The predicted octanol–water partition coefficient (Wildman–Crippen LogP) is 3.56. The number of carbonyl (C=O) groups is 2.